The van der Waals surface area contributed by atoms with E-state index in [-0.39, 0.29) is 11.2 Å². The third-order valence-corrected chi connectivity index (χ3v) is 8.42. The fourth-order valence-corrected chi connectivity index (χ4v) is 5.96. The van der Waals surface area contributed by atoms with E-state index in [0.717, 1.165) is 79.8 Å². The fourth-order valence-electron chi connectivity index (χ4n) is 4.73. The van der Waals surface area contributed by atoms with Crippen molar-refractivity contribution in [2.75, 3.05) is 51.3 Å². The highest BCUT2D eigenvalue weighted by molar-refractivity contribution is 8.00. The zero-order chi connectivity index (χ0) is 27.9. The summed E-state index contributed by atoms with van der Waals surface area (Å²) in [6.45, 7) is 10.6. The van der Waals surface area contributed by atoms with Gasteiger partial charge in [0.25, 0.3) is 0 Å². The molecule has 7 nitrogen and oxygen atoms in total. The van der Waals surface area contributed by atoms with Gasteiger partial charge in [0.15, 0.2) is 5.16 Å². The molecule has 1 unspecified atom stereocenters. The molecule has 1 aliphatic rings. The topological polar surface area (TPSA) is 71.4 Å². The number of carbonyl (C=O) groups excluding carboxylic acids is 1. The van der Waals surface area contributed by atoms with E-state index < -0.39 is 0 Å². The number of ether oxygens (including phenoxy) is 1. The minimum absolute atomic E-state index is 0.120. The van der Waals surface area contributed by atoms with E-state index in [1.807, 2.05) is 50.2 Å². The van der Waals surface area contributed by atoms with Crippen LogP contribution >= 0.6 is 23.4 Å². The molecule has 0 aliphatic carbocycles. The van der Waals surface area contributed by atoms with Gasteiger partial charge in [-0.3, -0.25) is 14.3 Å². The van der Waals surface area contributed by atoms with Crippen molar-refractivity contribution in [2.45, 2.75) is 30.7 Å². The Labute approximate surface area is 245 Å². The van der Waals surface area contributed by atoms with Gasteiger partial charge in [-0.15, -0.1) is 0 Å². The van der Waals surface area contributed by atoms with Crippen molar-refractivity contribution in [3.8, 4) is 5.69 Å². The minimum Gasteiger partial charge on any atom is -0.379 e. The Morgan fingerprint density at radius 3 is 2.62 bits per heavy atom. The van der Waals surface area contributed by atoms with Gasteiger partial charge in [-0.1, -0.05) is 53.7 Å². The maximum absolute atomic E-state index is 13.1. The predicted molar refractivity (Wildman–Crippen MR) is 165 cm³/mol. The number of imidazole rings is 1. The molecule has 9 heteroatoms. The first-order chi connectivity index (χ1) is 19.5. The zero-order valence-corrected chi connectivity index (χ0v) is 24.6. The quantitative estimate of drug-likeness (QED) is 0.179. The number of fused-ring (bicyclic) bond motifs is 1. The first-order valence-electron chi connectivity index (χ1n) is 13.8. The summed E-state index contributed by atoms with van der Waals surface area (Å²) in [5, 5.41) is 7.46. The Kier molecular flexibility index (Phi) is 9.78. The summed E-state index contributed by atoms with van der Waals surface area (Å²) >= 11 is 7.78. The van der Waals surface area contributed by atoms with Crippen LogP contribution < -0.4 is 10.6 Å². The monoisotopic (exact) mass is 577 g/mol. The molecule has 1 fully saturated rings. The summed E-state index contributed by atoms with van der Waals surface area (Å²) in [6.07, 6.45) is 0.967. The summed E-state index contributed by atoms with van der Waals surface area (Å²) in [4.78, 5) is 20.4. The largest absolute Gasteiger partial charge is 0.379 e. The second-order valence-corrected chi connectivity index (χ2v) is 11.8. The van der Waals surface area contributed by atoms with Gasteiger partial charge in [0.1, 0.15) is 0 Å². The number of rotatable bonds is 11. The van der Waals surface area contributed by atoms with Crippen molar-refractivity contribution in [1.29, 1.82) is 0 Å². The number of benzene rings is 3. The SMILES string of the molecule is Cc1ccc(NC(=O)C(C)Sc2nc3ccccc3n2-c2ccc(CCNCCN3CCOCC3)cc2)c(Cl)c1. The van der Waals surface area contributed by atoms with Gasteiger partial charge in [0.2, 0.25) is 5.91 Å². The third-order valence-electron chi connectivity index (χ3n) is 7.06. The highest BCUT2D eigenvalue weighted by Crippen LogP contribution is 2.32. The molecule has 40 heavy (non-hydrogen) atoms. The summed E-state index contributed by atoms with van der Waals surface area (Å²) < 4.78 is 7.55. The summed E-state index contributed by atoms with van der Waals surface area (Å²) in [5.74, 6) is -0.120. The number of anilines is 1. The molecule has 3 aromatic carbocycles. The van der Waals surface area contributed by atoms with E-state index in [0.29, 0.717) is 10.7 Å². The average Bonchev–Trinajstić information content (AvgIpc) is 3.33. The maximum atomic E-state index is 13.1. The molecule has 1 aromatic heterocycles. The minimum atomic E-state index is -0.379. The number of carbonyl (C=O) groups is 1. The molecular formula is C31H36ClN5O2S. The number of thioether (sulfide) groups is 1. The van der Waals surface area contributed by atoms with Gasteiger partial charge in [-0.05, 0) is 74.3 Å². The van der Waals surface area contributed by atoms with Crippen LogP contribution in [0.2, 0.25) is 5.02 Å². The highest BCUT2D eigenvalue weighted by Gasteiger charge is 2.21. The normalized spacial score (nSPS) is 14.9. The van der Waals surface area contributed by atoms with Gasteiger partial charge < -0.3 is 15.4 Å². The van der Waals surface area contributed by atoms with Gasteiger partial charge >= 0.3 is 0 Å². The molecule has 0 spiro atoms. The Morgan fingerprint density at radius 1 is 1.07 bits per heavy atom. The van der Waals surface area contributed by atoms with Crippen LogP contribution in [-0.2, 0) is 16.0 Å². The van der Waals surface area contributed by atoms with Crippen molar-refractivity contribution < 1.29 is 9.53 Å². The summed E-state index contributed by atoms with van der Waals surface area (Å²) in [5.41, 5.74) is 5.87. The number of morpholine rings is 1. The number of hydrogen-bond acceptors (Lipinski definition) is 6. The standard InChI is InChI=1S/C31H36ClN5O2S/c1-22-7-12-27(26(32)21-22)34-30(38)23(2)40-31-35-28-5-3-4-6-29(28)37(31)25-10-8-24(9-11-25)13-14-33-15-16-36-17-19-39-20-18-36/h3-12,21,23,33H,13-20H2,1-2H3,(H,34,38). The second-order valence-electron chi connectivity index (χ2n) is 10.1. The van der Waals surface area contributed by atoms with Crippen LogP contribution in [0.5, 0.6) is 0 Å². The van der Waals surface area contributed by atoms with Crippen LogP contribution in [0.3, 0.4) is 0 Å². The molecule has 1 aliphatic heterocycles. The lowest BCUT2D eigenvalue weighted by atomic mass is 10.1. The predicted octanol–water partition coefficient (Wildman–Crippen LogP) is 5.57. The van der Waals surface area contributed by atoms with Gasteiger partial charge in [0.05, 0.1) is 40.2 Å². The first kappa shape index (κ1) is 28.6. The lowest BCUT2D eigenvalue weighted by Gasteiger charge is -2.26. The average molecular weight is 578 g/mol. The molecule has 0 saturated carbocycles. The van der Waals surface area contributed by atoms with Crippen LogP contribution in [0.15, 0.2) is 71.9 Å². The van der Waals surface area contributed by atoms with Crippen molar-refractivity contribution in [2.24, 2.45) is 0 Å². The Hall–Kier alpha value is -2.88. The number of hydrogen-bond donors (Lipinski definition) is 2. The Balaban J connectivity index is 1.24. The Bertz CT molecular complexity index is 1440. The first-order valence-corrected chi connectivity index (χ1v) is 15.0. The van der Waals surface area contributed by atoms with E-state index in [1.165, 1.54) is 17.3 Å². The molecule has 0 radical (unpaired) electrons. The molecule has 4 aromatic rings. The molecule has 2 heterocycles. The molecule has 0 bridgehead atoms. The van der Waals surface area contributed by atoms with Crippen molar-refractivity contribution >= 4 is 46.0 Å². The zero-order valence-electron chi connectivity index (χ0n) is 23.0. The second kappa shape index (κ2) is 13.7. The lowest BCUT2D eigenvalue weighted by molar-refractivity contribution is -0.115. The van der Waals surface area contributed by atoms with Crippen LogP contribution in [0, 0.1) is 6.92 Å². The van der Waals surface area contributed by atoms with E-state index in [4.69, 9.17) is 21.3 Å². The number of amides is 1. The third kappa shape index (κ3) is 7.25. The lowest BCUT2D eigenvalue weighted by Crippen LogP contribution is -2.40. The van der Waals surface area contributed by atoms with E-state index in [1.54, 1.807) is 0 Å². The maximum Gasteiger partial charge on any atom is 0.237 e. The van der Waals surface area contributed by atoms with Crippen LogP contribution in [0.25, 0.3) is 16.7 Å². The Morgan fingerprint density at radius 2 is 1.85 bits per heavy atom. The number of nitrogens with one attached hydrogen (secondary N) is 2. The molecule has 1 saturated heterocycles. The number of aromatic nitrogens is 2. The number of halogens is 1. The van der Waals surface area contributed by atoms with Crippen LogP contribution in [0.1, 0.15) is 18.1 Å². The van der Waals surface area contributed by atoms with Gasteiger partial charge in [-0.2, -0.15) is 0 Å². The molecule has 5 rings (SSSR count). The molecular weight excluding hydrogens is 542 g/mol. The van der Waals surface area contributed by atoms with Crippen molar-refractivity contribution in [3.05, 3.63) is 82.9 Å². The molecule has 1 atom stereocenters. The number of para-hydroxylation sites is 2. The van der Waals surface area contributed by atoms with E-state index in [9.17, 15) is 4.79 Å². The molecule has 210 valence electrons. The van der Waals surface area contributed by atoms with E-state index in [2.05, 4.69) is 50.4 Å². The molecule has 1 amide bonds. The van der Waals surface area contributed by atoms with Crippen LogP contribution in [0.4, 0.5) is 5.69 Å². The van der Waals surface area contributed by atoms with Gasteiger partial charge in [0, 0.05) is 31.9 Å². The van der Waals surface area contributed by atoms with Crippen molar-refractivity contribution in [3.63, 3.8) is 0 Å². The smallest absolute Gasteiger partial charge is 0.237 e. The summed E-state index contributed by atoms with van der Waals surface area (Å²) in [7, 11) is 0. The van der Waals surface area contributed by atoms with E-state index >= 15 is 0 Å². The number of nitrogens with zero attached hydrogens (tertiary/aromatic N) is 3. The van der Waals surface area contributed by atoms with Gasteiger partial charge in [-0.25, -0.2) is 4.98 Å². The van der Waals surface area contributed by atoms with Crippen LogP contribution in [-0.4, -0.2) is 71.5 Å². The number of aryl methyl sites for hydroxylation is 1. The van der Waals surface area contributed by atoms with Crippen molar-refractivity contribution in [1.82, 2.24) is 19.8 Å². The summed E-state index contributed by atoms with van der Waals surface area (Å²) in [6, 6.07) is 22.3. The molecule has 2 N–H and O–H groups in total. The fraction of sp³-hybridized carbons (Fsp3) is 0.355. The highest BCUT2D eigenvalue weighted by atomic mass is 35.5.